The van der Waals surface area contributed by atoms with Crippen LogP contribution in [0.4, 0.5) is 0 Å². The van der Waals surface area contributed by atoms with E-state index in [1.54, 1.807) is 7.11 Å². The molecule has 0 N–H and O–H groups in total. The zero-order valence-corrected chi connectivity index (χ0v) is 23.3. The van der Waals surface area contributed by atoms with E-state index in [9.17, 15) is 9.59 Å². The highest BCUT2D eigenvalue weighted by atomic mass is 16.7. The number of carbonyl (C=O) groups is 2. The monoisotopic (exact) mass is 490 g/mol. The largest absolute Gasteiger partial charge is 0.461 e. The van der Waals surface area contributed by atoms with Gasteiger partial charge in [0.2, 0.25) is 0 Å². The number of rotatable bonds is 7. The fraction of sp³-hybridized carbons (Fsp3) is 0.933. The van der Waals surface area contributed by atoms with Gasteiger partial charge in [-0.3, -0.25) is 9.59 Å². The second-order valence-electron chi connectivity index (χ2n) is 13.3. The van der Waals surface area contributed by atoms with Crippen LogP contribution in [0.2, 0.25) is 0 Å². The van der Waals surface area contributed by atoms with Crippen molar-refractivity contribution < 1.29 is 23.8 Å². The molecule has 0 radical (unpaired) electrons. The lowest BCUT2D eigenvalue weighted by Gasteiger charge is -2.63. The maximum atomic E-state index is 14.2. The molecule has 0 amide bonds. The number of hydrogen-bond donors (Lipinski definition) is 0. The van der Waals surface area contributed by atoms with Crippen molar-refractivity contribution in [3.63, 3.8) is 0 Å². The summed E-state index contributed by atoms with van der Waals surface area (Å²) in [4.78, 5) is 27.3. The van der Waals surface area contributed by atoms with Gasteiger partial charge in [-0.05, 0) is 74.0 Å². The molecular formula is C30H50O5. The van der Waals surface area contributed by atoms with Gasteiger partial charge < -0.3 is 14.2 Å². The Bertz CT molecular complexity index is 777. The summed E-state index contributed by atoms with van der Waals surface area (Å²) in [5.74, 6) is 1.44. The number of methoxy groups -OCH3 is 1. The van der Waals surface area contributed by atoms with Crippen LogP contribution in [0.5, 0.6) is 0 Å². The summed E-state index contributed by atoms with van der Waals surface area (Å²) in [7, 11) is 1.67. The molecule has 35 heavy (non-hydrogen) atoms. The number of Topliss-reactive ketones (excluding diaryl/α,β-unsaturated/α-hetero) is 1. The smallest absolute Gasteiger partial charge is 0.318 e. The van der Waals surface area contributed by atoms with E-state index in [4.69, 9.17) is 14.2 Å². The summed E-state index contributed by atoms with van der Waals surface area (Å²) in [6, 6.07) is 0. The highest BCUT2D eigenvalue weighted by Crippen LogP contribution is 2.64. The van der Waals surface area contributed by atoms with E-state index in [1.807, 2.05) is 0 Å². The van der Waals surface area contributed by atoms with Crippen molar-refractivity contribution >= 4 is 11.8 Å². The average Bonchev–Trinajstić information content (AvgIpc) is 2.78. The number of ether oxygens (including phenoxy) is 3. The Labute approximate surface area is 213 Å². The highest BCUT2D eigenvalue weighted by Gasteiger charge is 2.76. The molecule has 5 nitrogen and oxygen atoms in total. The Balaban J connectivity index is 1.64. The van der Waals surface area contributed by atoms with E-state index in [1.165, 1.54) is 12.8 Å². The van der Waals surface area contributed by atoms with Crippen LogP contribution in [0, 0.1) is 46.8 Å². The first-order chi connectivity index (χ1) is 16.5. The van der Waals surface area contributed by atoms with E-state index >= 15 is 0 Å². The second kappa shape index (κ2) is 10.4. The molecular weight excluding hydrogens is 440 g/mol. The van der Waals surface area contributed by atoms with Crippen LogP contribution >= 0.6 is 0 Å². The van der Waals surface area contributed by atoms with Gasteiger partial charge in [0, 0.05) is 25.9 Å². The molecule has 0 aliphatic heterocycles. The Hall–Kier alpha value is -0.940. The number of esters is 1. The Morgan fingerprint density at radius 1 is 0.914 bits per heavy atom. The van der Waals surface area contributed by atoms with Crippen LogP contribution in [0.1, 0.15) is 106 Å². The predicted octanol–water partition coefficient (Wildman–Crippen LogP) is 6.57. The molecule has 4 aliphatic carbocycles. The summed E-state index contributed by atoms with van der Waals surface area (Å²) in [6.45, 7) is 13.5. The van der Waals surface area contributed by atoms with Gasteiger partial charge in [-0.15, -0.1) is 0 Å². The lowest BCUT2D eigenvalue weighted by molar-refractivity contribution is -0.378. The number of hydrogen-bond acceptors (Lipinski definition) is 5. The fourth-order valence-electron chi connectivity index (χ4n) is 8.08. The normalized spacial score (nSPS) is 44.1. The molecule has 0 aromatic heterocycles. The molecule has 200 valence electrons. The van der Waals surface area contributed by atoms with Gasteiger partial charge in [0.15, 0.2) is 5.79 Å². The van der Waals surface area contributed by atoms with E-state index < -0.39 is 11.2 Å². The van der Waals surface area contributed by atoms with Crippen molar-refractivity contribution in [2.45, 2.75) is 124 Å². The molecule has 0 spiro atoms. The lowest BCUT2D eigenvalue weighted by atomic mass is 9.48. The number of fused-ring (bicyclic) bond motifs is 1. The Morgan fingerprint density at radius 3 is 2.06 bits per heavy atom. The van der Waals surface area contributed by atoms with Crippen molar-refractivity contribution in [3.8, 4) is 0 Å². The van der Waals surface area contributed by atoms with Crippen molar-refractivity contribution in [2.24, 2.45) is 46.8 Å². The van der Waals surface area contributed by atoms with Crippen LogP contribution in [-0.2, 0) is 23.8 Å². The molecule has 4 rings (SSSR count). The average molecular weight is 491 g/mol. The molecule has 0 heterocycles. The molecule has 0 aromatic rings. The molecule has 4 fully saturated rings. The van der Waals surface area contributed by atoms with E-state index in [0.717, 1.165) is 25.7 Å². The first-order valence-corrected chi connectivity index (χ1v) is 14.5. The zero-order chi connectivity index (χ0) is 25.5. The van der Waals surface area contributed by atoms with Crippen LogP contribution < -0.4 is 0 Å². The van der Waals surface area contributed by atoms with Crippen LogP contribution in [0.25, 0.3) is 0 Å². The third kappa shape index (κ3) is 4.74. The minimum Gasteiger partial charge on any atom is -0.461 e. The summed E-state index contributed by atoms with van der Waals surface area (Å²) in [5.41, 5.74) is -1.01. The van der Waals surface area contributed by atoms with Crippen molar-refractivity contribution in [1.29, 1.82) is 0 Å². The topological polar surface area (TPSA) is 61.8 Å². The number of carbonyl (C=O) groups excluding carboxylic acids is 2. The van der Waals surface area contributed by atoms with Crippen LogP contribution in [0.15, 0.2) is 0 Å². The summed E-state index contributed by atoms with van der Waals surface area (Å²) >= 11 is 0. The van der Waals surface area contributed by atoms with E-state index in [0.29, 0.717) is 61.2 Å². The maximum Gasteiger partial charge on any atom is 0.318 e. The SMILES string of the molecule is CO[C@]1(O[C@@H]2C[C@H](C)CC[C@H]2C(C)C)C[C@H]2C(=O)CCC[C@]21C(=O)O[C@@H]1C[C@H](C)CC[C@H]1C(C)C. The Kier molecular flexibility index (Phi) is 8.08. The second-order valence-corrected chi connectivity index (χ2v) is 13.3. The van der Waals surface area contributed by atoms with Crippen molar-refractivity contribution in [3.05, 3.63) is 0 Å². The Morgan fingerprint density at radius 2 is 1.49 bits per heavy atom. The molecule has 0 unspecified atom stereocenters. The van der Waals surface area contributed by atoms with Gasteiger partial charge in [0.1, 0.15) is 17.3 Å². The standard InChI is InChI=1S/C30H50O5/c1-18(2)22-12-10-20(5)15-26(22)34-28(32)29-14-8-9-25(31)24(29)17-30(29,33-7)35-27-16-21(6)11-13-23(27)19(3)4/h18-24,26-27H,8-17H2,1-7H3/t20-,21-,22+,23+,24+,26-,27-,29-,30+/m1/s1. The molecule has 4 aliphatic rings. The fourth-order valence-corrected chi connectivity index (χ4v) is 8.08. The van der Waals surface area contributed by atoms with Gasteiger partial charge in [-0.1, -0.05) is 54.4 Å². The molecule has 0 saturated heterocycles. The van der Waals surface area contributed by atoms with E-state index in [2.05, 4.69) is 41.5 Å². The minimum absolute atomic E-state index is 0.0412. The summed E-state index contributed by atoms with van der Waals surface area (Å²) in [5, 5.41) is 0. The van der Waals surface area contributed by atoms with Crippen molar-refractivity contribution in [1.82, 2.24) is 0 Å². The van der Waals surface area contributed by atoms with Gasteiger partial charge in [-0.2, -0.15) is 0 Å². The minimum atomic E-state index is -1.06. The lowest BCUT2D eigenvalue weighted by Crippen LogP contribution is -2.74. The highest BCUT2D eigenvalue weighted by molar-refractivity contribution is 5.93. The predicted molar refractivity (Wildman–Crippen MR) is 137 cm³/mol. The zero-order valence-electron chi connectivity index (χ0n) is 23.3. The van der Waals surface area contributed by atoms with Crippen molar-refractivity contribution in [2.75, 3.05) is 7.11 Å². The molecule has 5 heteroatoms. The molecule has 4 saturated carbocycles. The molecule has 0 bridgehead atoms. The quantitative estimate of drug-likeness (QED) is 0.298. The van der Waals surface area contributed by atoms with Gasteiger partial charge in [-0.25, -0.2) is 0 Å². The summed E-state index contributed by atoms with van der Waals surface area (Å²) in [6.07, 6.45) is 8.79. The van der Waals surface area contributed by atoms with Crippen LogP contribution in [0.3, 0.4) is 0 Å². The molecule has 0 aromatic carbocycles. The summed E-state index contributed by atoms with van der Waals surface area (Å²) < 4.78 is 19.6. The first-order valence-electron chi connectivity index (χ1n) is 14.5. The van der Waals surface area contributed by atoms with Gasteiger partial charge in [0.25, 0.3) is 0 Å². The van der Waals surface area contributed by atoms with E-state index in [-0.39, 0.29) is 29.9 Å². The number of ketones is 1. The first kappa shape index (κ1) is 27.1. The third-order valence-corrected chi connectivity index (χ3v) is 10.3. The van der Waals surface area contributed by atoms with Gasteiger partial charge >= 0.3 is 5.97 Å². The van der Waals surface area contributed by atoms with Gasteiger partial charge in [0.05, 0.1) is 6.10 Å². The molecule has 9 atom stereocenters. The van der Waals surface area contributed by atoms with Crippen LogP contribution in [-0.4, -0.2) is 36.9 Å². The maximum absolute atomic E-state index is 14.2. The third-order valence-electron chi connectivity index (χ3n) is 10.3.